The average molecular weight is 304 g/mol. The Kier molecular flexibility index (Phi) is 10.8. The van der Waals surface area contributed by atoms with Gasteiger partial charge in [0, 0.05) is 24.4 Å². The number of hydrogen-bond donors (Lipinski definition) is 2. The van der Waals surface area contributed by atoms with Crippen LogP contribution in [0.4, 0.5) is 0 Å². The van der Waals surface area contributed by atoms with Crippen LogP contribution in [-0.2, 0) is 4.74 Å². The minimum Gasteiger partial charge on any atom is -0.389 e. The van der Waals surface area contributed by atoms with Crippen molar-refractivity contribution in [3.8, 4) is 0 Å². The number of hydrogen-bond acceptors (Lipinski definition) is 4. The molecule has 0 spiro atoms. The number of unbranched alkanes of at least 4 members (excludes halogenated alkanes) is 3. The summed E-state index contributed by atoms with van der Waals surface area (Å²) in [5.41, 5.74) is 0. The summed E-state index contributed by atoms with van der Waals surface area (Å²) in [6, 6.07) is 0.568. The third kappa shape index (κ3) is 7.87. The van der Waals surface area contributed by atoms with Gasteiger partial charge in [-0.15, -0.1) is 0 Å². The highest BCUT2D eigenvalue weighted by atomic mass is 32.2. The molecule has 1 saturated carbocycles. The molecule has 1 aliphatic rings. The van der Waals surface area contributed by atoms with Crippen molar-refractivity contribution >= 4 is 11.8 Å². The van der Waals surface area contributed by atoms with Crippen LogP contribution in [-0.4, -0.2) is 48.5 Å². The van der Waals surface area contributed by atoms with E-state index in [1.807, 2.05) is 11.8 Å². The molecule has 0 radical (unpaired) electrons. The van der Waals surface area contributed by atoms with Gasteiger partial charge in [-0.1, -0.05) is 39.0 Å². The van der Waals surface area contributed by atoms with Gasteiger partial charge in [0.25, 0.3) is 0 Å². The highest BCUT2D eigenvalue weighted by Gasteiger charge is 2.24. The zero-order chi connectivity index (χ0) is 14.6. The SMILES string of the molecule is CCCCCCOCC(O)CNC1CCCCC1SC. The lowest BCUT2D eigenvalue weighted by Crippen LogP contribution is -2.44. The maximum absolute atomic E-state index is 9.95. The van der Waals surface area contributed by atoms with Crippen molar-refractivity contribution in [2.75, 3.05) is 26.0 Å². The molecular formula is C16H33NO2S. The van der Waals surface area contributed by atoms with Crippen molar-refractivity contribution in [3.05, 3.63) is 0 Å². The van der Waals surface area contributed by atoms with Gasteiger partial charge in [-0.05, 0) is 25.5 Å². The van der Waals surface area contributed by atoms with Gasteiger partial charge in [0.05, 0.1) is 12.7 Å². The molecule has 0 heterocycles. The molecule has 2 N–H and O–H groups in total. The molecule has 0 aliphatic heterocycles. The average Bonchev–Trinajstić information content (AvgIpc) is 2.49. The summed E-state index contributed by atoms with van der Waals surface area (Å²) in [6.45, 7) is 4.13. The fraction of sp³-hybridized carbons (Fsp3) is 1.00. The molecule has 0 bridgehead atoms. The normalized spacial score (nSPS) is 24.8. The molecule has 3 atom stereocenters. The van der Waals surface area contributed by atoms with Crippen molar-refractivity contribution < 1.29 is 9.84 Å². The summed E-state index contributed by atoms with van der Waals surface area (Å²) < 4.78 is 5.54. The summed E-state index contributed by atoms with van der Waals surface area (Å²) in [6.07, 6.45) is 11.9. The van der Waals surface area contributed by atoms with Crippen molar-refractivity contribution in [1.82, 2.24) is 5.32 Å². The lowest BCUT2D eigenvalue weighted by molar-refractivity contribution is 0.0336. The quantitative estimate of drug-likeness (QED) is 0.575. The Labute approximate surface area is 129 Å². The largest absolute Gasteiger partial charge is 0.389 e. The molecule has 0 amide bonds. The molecule has 120 valence electrons. The zero-order valence-corrected chi connectivity index (χ0v) is 14.1. The number of thioether (sulfide) groups is 1. The third-order valence-corrected chi connectivity index (χ3v) is 5.24. The fourth-order valence-electron chi connectivity index (χ4n) is 2.81. The highest BCUT2D eigenvalue weighted by molar-refractivity contribution is 7.99. The van der Waals surface area contributed by atoms with E-state index in [1.165, 1.54) is 44.9 Å². The number of ether oxygens (including phenoxy) is 1. The maximum Gasteiger partial charge on any atom is 0.0897 e. The molecule has 1 aliphatic carbocycles. The Morgan fingerprint density at radius 3 is 2.80 bits per heavy atom. The van der Waals surface area contributed by atoms with E-state index in [0.29, 0.717) is 24.4 Å². The Morgan fingerprint density at radius 1 is 1.25 bits per heavy atom. The van der Waals surface area contributed by atoms with Crippen LogP contribution in [0.2, 0.25) is 0 Å². The molecule has 4 heteroatoms. The zero-order valence-electron chi connectivity index (χ0n) is 13.3. The summed E-state index contributed by atoms with van der Waals surface area (Å²) in [5, 5.41) is 14.2. The molecule has 1 rings (SSSR count). The number of aliphatic hydroxyl groups is 1. The third-order valence-electron chi connectivity index (χ3n) is 4.07. The van der Waals surface area contributed by atoms with Crippen LogP contribution in [0.15, 0.2) is 0 Å². The first kappa shape index (κ1) is 18.3. The molecule has 0 aromatic carbocycles. The van der Waals surface area contributed by atoms with Crippen LogP contribution in [0.5, 0.6) is 0 Å². The van der Waals surface area contributed by atoms with Crippen molar-refractivity contribution in [3.63, 3.8) is 0 Å². The Bertz CT molecular complexity index is 229. The van der Waals surface area contributed by atoms with Crippen molar-refractivity contribution in [1.29, 1.82) is 0 Å². The van der Waals surface area contributed by atoms with Gasteiger partial charge in [0.2, 0.25) is 0 Å². The summed E-state index contributed by atoms with van der Waals surface area (Å²) in [7, 11) is 0. The minimum atomic E-state index is -0.370. The minimum absolute atomic E-state index is 0.370. The highest BCUT2D eigenvalue weighted by Crippen LogP contribution is 2.26. The van der Waals surface area contributed by atoms with Gasteiger partial charge in [-0.2, -0.15) is 11.8 Å². The fourth-order valence-corrected chi connectivity index (χ4v) is 3.77. The number of aliphatic hydroxyl groups excluding tert-OH is 1. The molecule has 0 aromatic rings. The Morgan fingerprint density at radius 2 is 2.05 bits per heavy atom. The molecule has 3 unspecified atom stereocenters. The van der Waals surface area contributed by atoms with Crippen molar-refractivity contribution in [2.24, 2.45) is 0 Å². The summed E-state index contributed by atoms with van der Waals surface area (Å²) in [5.74, 6) is 0. The van der Waals surface area contributed by atoms with Crippen LogP contribution in [0.25, 0.3) is 0 Å². The standard InChI is InChI=1S/C16H33NO2S/c1-3-4-5-8-11-19-13-14(18)12-17-15-9-6-7-10-16(15)20-2/h14-18H,3-13H2,1-2H3. The molecule has 3 nitrogen and oxygen atoms in total. The van der Waals surface area contributed by atoms with Gasteiger partial charge in [-0.25, -0.2) is 0 Å². The maximum atomic E-state index is 9.95. The van der Waals surface area contributed by atoms with Crippen LogP contribution < -0.4 is 5.32 Å². The Balaban J connectivity index is 2.02. The van der Waals surface area contributed by atoms with E-state index < -0.39 is 0 Å². The van der Waals surface area contributed by atoms with E-state index in [4.69, 9.17) is 4.74 Å². The van der Waals surface area contributed by atoms with E-state index in [9.17, 15) is 5.11 Å². The van der Waals surface area contributed by atoms with E-state index in [0.717, 1.165) is 13.0 Å². The summed E-state index contributed by atoms with van der Waals surface area (Å²) >= 11 is 1.96. The second kappa shape index (κ2) is 11.8. The first-order valence-corrected chi connectivity index (χ1v) is 9.58. The molecule has 1 fully saturated rings. The number of rotatable bonds is 11. The molecule has 0 aromatic heterocycles. The molecule has 0 saturated heterocycles. The van der Waals surface area contributed by atoms with Crippen LogP contribution >= 0.6 is 11.8 Å². The van der Waals surface area contributed by atoms with Gasteiger partial charge in [0.1, 0.15) is 0 Å². The predicted molar refractivity (Wildman–Crippen MR) is 88.5 cm³/mol. The topological polar surface area (TPSA) is 41.5 Å². The van der Waals surface area contributed by atoms with Crippen LogP contribution in [0, 0.1) is 0 Å². The lowest BCUT2D eigenvalue weighted by atomic mass is 9.95. The Hall–Kier alpha value is 0.230. The first-order chi connectivity index (χ1) is 9.77. The van der Waals surface area contributed by atoms with E-state index in [2.05, 4.69) is 18.5 Å². The van der Waals surface area contributed by atoms with E-state index >= 15 is 0 Å². The van der Waals surface area contributed by atoms with E-state index in [-0.39, 0.29) is 6.10 Å². The van der Waals surface area contributed by atoms with E-state index in [1.54, 1.807) is 0 Å². The lowest BCUT2D eigenvalue weighted by Gasteiger charge is -2.31. The van der Waals surface area contributed by atoms with Crippen LogP contribution in [0.3, 0.4) is 0 Å². The smallest absolute Gasteiger partial charge is 0.0897 e. The van der Waals surface area contributed by atoms with Gasteiger partial charge < -0.3 is 15.2 Å². The molecule has 20 heavy (non-hydrogen) atoms. The summed E-state index contributed by atoms with van der Waals surface area (Å²) in [4.78, 5) is 0. The van der Waals surface area contributed by atoms with Gasteiger partial charge in [0.15, 0.2) is 0 Å². The van der Waals surface area contributed by atoms with Crippen molar-refractivity contribution in [2.45, 2.75) is 75.7 Å². The monoisotopic (exact) mass is 303 g/mol. The predicted octanol–water partition coefficient (Wildman–Crippen LogP) is 3.21. The second-order valence-electron chi connectivity index (χ2n) is 5.86. The van der Waals surface area contributed by atoms with Gasteiger partial charge >= 0.3 is 0 Å². The molecular weight excluding hydrogens is 270 g/mol. The second-order valence-corrected chi connectivity index (χ2v) is 6.94. The number of nitrogens with one attached hydrogen (secondary N) is 1. The van der Waals surface area contributed by atoms with Gasteiger partial charge in [-0.3, -0.25) is 0 Å². The first-order valence-electron chi connectivity index (χ1n) is 8.30. The van der Waals surface area contributed by atoms with Crippen LogP contribution in [0.1, 0.15) is 58.3 Å².